The van der Waals surface area contributed by atoms with Crippen molar-refractivity contribution in [2.75, 3.05) is 17.1 Å². The predicted octanol–water partition coefficient (Wildman–Crippen LogP) is 5.08. The Morgan fingerprint density at radius 2 is 1.63 bits per heavy atom. The zero-order chi connectivity index (χ0) is 29.6. The fourth-order valence-electron chi connectivity index (χ4n) is 4.96. The highest BCUT2D eigenvalue weighted by Crippen LogP contribution is 2.26. The Balaban J connectivity index is 1.72. The van der Waals surface area contributed by atoms with Gasteiger partial charge in [0.05, 0.1) is 17.0 Å². The maximum absolute atomic E-state index is 14.0. The number of hydrogen-bond donors (Lipinski definition) is 1. The summed E-state index contributed by atoms with van der Waals surface area (Å²) in [5.74, 6) is -2.21. The van der Waals surface area contributed by atoms with Crippen LogP contribution in [0.1, 0.15) is 36.8 Å². The molecule has 0 aliphatic heterocycles. The number of nitrogens with one attached hydrogen (secondary N) is 1. The highest BCUT2D eigenvalue weighted by molar-refractivity contribution is 7.92. The van der Waals surface area contributed by atoms with Crippen LogP contribution >= 0.6 is 11.6 Å². The van der Waals surface area contributed by atoms with Gasteiger partial charge in [-0.15, -0.1) is 0 Å². The molecule has 0 heterocycles. The van der Waals surface area contributed by atoms with E-state index in [1.165, 1.54) is 35.2 Å². The minimum Gasteiger partial charge on any atom is -0.352 e. The van der Waals surface area contributed by atoms with Crippen LogP contribution in [0.4, 0.5) is 14.5 Å². The van der Waals surface area contributed by atoms with E-state index in [9.17, 15) is 26.8 Å². The van der Waals surface area contributed by atoms with Gasteiger partial charge in [0.25, 0.3) is 0 Å². The quantitative estimate of drug-likeness (QED) is 0.331. The lowest BCUT2D eigenvalue weighted by Crippen LogP contribution is -2.54. The van der Waals surface area contributed by atoms with Gasteiger partial charge in [-0.25, -0.2) is 17.2 Å². The molecule has 1 saturated carbocycles. The minimum absolute atomic E-state index is 0.00370. The topological polar surface area (TPSA) is 86.8 Å². The molecule has 0 unspecified atom stereocenters. The van der Waals surface area contributed by atoms with Crippen molar-refractivity contribution >= 4 is 39.1 Å². The Hall–Kier alpha value is -3.50. The molecule has 1 aliphatic rings. The molecule has 1 fully saturated rings. The van der Waals surface area contributed by atoms with Gasteiger partial charge < -0.3 is 10.2 Å². The molecule has 218 valence electrons. The van der Waals surface area contributed by atoms with Crippen LogP contribution in [-0.4, -0.2) is 50.0 Å². The van der Waals surface area contributed by atoms with Crippen LogP contribution in [0.15, 0.2) is 72.8 Å². The first-order valence-corrected chi connectivity index (χ1v) is 15.5. The molecule has 4 rings (SSSR count). The van der Waals surface area contributed by atoms with Crippen LogP contribution in [-0.2, 0) is 32.6 Å². The van der Waals surface area contributed by atoms with Gasteiger partial charge in [-0.1, -0.05) is 66.9 Å². The standard InChI is InChI=1S/C30H32ClF2N3O4S/c1-41(39,40)36(25-15-16-27(33)26(31)18-25)20-29(37)35(19-22-11-13-23(32)14-12-22)28(17-21-7-3-2-4-8-21)30(38)34-24-9-5-6-10-24/h2-4,7-8,11-16,18,24,28H,5-6,9-10,17,19-20H2,1H3,(H,34,38)/t28-/m1/s1. The van der Waals surface area contributed by atoms with E-state index < -0.39 is 40.2 Å². The molecule has 0 radical (unpaired) electrons. The smallest absolute Gasteiger partial charge is 0.244 e. The zero-order valence-electron chi connectivity index (χ0n) is 22.6. The number of benzene rings is 3. The van der Waals surface area contributed by atoms with Gasteiger partial charge >= 0.3 is 0 Å². The first kappa shape index (κ1) is 30.5. The number of carbonyl (C=O) groups is 2. The van der Waals surface area contributed by atoms with E-state index in [0.717, 1.165) is 53.9 Å². The van der Waals surface area contributed by atoms with Gasteiger partial charge in [-0.2, -0.15) is 0 Å². The van der Waals surface area contributed by atoms with E-state index in [1.54, 1.807) is 0 Å². The molecule has 1 aliphatic carbocycles. The summed E-state index contributed by atoms with van der Waals surface area (Å²) >= 11 is 5.92. The Labute approximate surface area is 244 Å². The van der Waals surface area contributed by atoms with Crippen LogP contribution in [0.5, 0.6) is 0 Å². The first-order chi connectivity index (χ1) is 19.5. The third-order valence-corrected chi connectivity index (χ3v) is 8.54. The van der Waals surface area contributed by atoms with E-state index in [4.69, 9.17) is 11.6 Å². The number of rotatable bonds is 11. The summed E-state index contributed by atoms with van der Waals surface area (Å²) in [5.41, 5.74) is 1.37. The van der Waals surface area contributed by atoms with E-state index in [2.05, 4.69) is 5.32 Å². The van der Waals surface area contributed by atoms with Gasteiger partial charge in [0.2, 0.25) is 21.8 Å². The van der Waals surface area contributed by atoms with Crippen molar-refractivity contribution in [3.05, 3.63) is 101 Å². The lowest BCUT2D eigenvalue weighted by molar-refractivity contribution is -0.140. The molecule has 2 amide bonds. The first-order valence-electron chi connectivity index (χ1n) is 13.3. The lowest BCUT2D eigenvalue weighted by atomic mass is 10.0. The molecule has 3 aromatic carbocycles. The van der Waals surface area contributed by atoms with E-state index in [0.29, 0.717) is 5.56 Å². The SMILES string of the molecule is CS(=O)(=O)N(CC(=O)N(Cc1ccc(F)cc1)[C@H](Cc1ccccc1)C(=O)NC1CCCC1)c1ccc(F)c(Cl)c1. The van der Waals surface area contributed by atoms with Crippen molar-refractivity contribution in [3.63, 3.8) is 0 Å². The van der Waals surface area contributed by atoms with Crippen LogP contribution in [0.3, 0.4) is 0 Å². The molecule has 0 bridgehead atoms. The molecule has 1 atom stereocenters. The van der Waals surface area contributed by atoms with Crippen LogP contribution in [0.2, 0.25) is 5.02 Å². The minimum atomic E-state index is -4.02. The van der Waals surface area contributed by atoms with Gasteiger partial charge in [0.1, 0.15) is 24.2 Å². The van der Waals surface area contributed by atoms with Gasteiger partial charge in [-0.3, -0.25) is 13.9 Å². The number of nitrogens with zero attached hydrogens (tertiary/aromatic N) is 2. The molecule has 11 heteroatoms. The number of anilines is 1. The largest absolute Gasteiger partial charge is 0.352 e. The molecular formula is C30H32ClF2N3O4S. The number of amides is 2. The number of halogens is 3. The third kappa shape index (κ3) is 8.27. The molecule has 7 nitrogen and oxygen atoms in total. The van der Waals surface area contributed by atoms with Crippen LogP contribution < -0.4 is 9.62 Å². The second kappa shape index (κ2) is 13.4. The average molecular weight is 604 g/mol. The van der Waals surface area contributed by atoms with Crippen molar-refractivity contribution < 1.29 is 26.8 Å². The monoisotopic (exact) mass is 603 g/mol. The van der Waals surface area contributed by atoms with Crippen molar-refractivity contribution in [1.29, 1.82) is 0 Å². The van der Waals surface area contributed by atoms with Gasteiger partial charge in [0.15, 0.2) is 0 Å². The predicted molar refractivity (Wildman–Crippen MR) is 155 cm³/mol. The normalized spacial score (nSPS) is 14.4. The Morgan fingerprint density at radius 3 is 2.24 bits per heavy atom. The van der Waals surface area contributed by atoms with Crippen LogP contribution in [0.25, 0.3) is 0 Å². The fraction of sp³-hybridized carbons (Fsp3) is 0.333. The maximum Gasteiger partial charge on any atom is 0.244 e. The Kier molecular flexibility index (Phi) is 9.99. The van der Waals surface area contributed by atoms with Crippen molar-refractivity contribution in [3.8, 4) is 0 Å². The lowest BCUT2D eigenvalue weighted by Gasteiger charge is -2.34. The number of carbonyl (C=O) groups excluding carboxylic acids is 2. The maximum atomic E-state index is 14.0. The molecule has 1 N–H and O–H groups in total. The van der Waals surface area contributed by atoms with E-state index in [-0.39, 0.29) is 35.6 Å². The summed E-state index contributed by atoms with van der Waals surface area (Å²) in [6.07, 6.45) is 4.77. The van der Waals surface area contributed by atoms with Gasteiger partial charge in [-0.05, 0) is 54.3 Å². The zero-order valence-corrected chi connectivity index (χ0v) is 24.2. The second-order valence-electron chi connectivity index (χ2n) is 10.2. The summed E-state index contributed by atoms with van der Waals surface area (Å²) < 4.78 is 54.0. The molecule has 0 saturated heterocycles. The molecule has 0 aromatic heterocycles. The molecule has 41 heavy (non-hydrogen) atoms. The molecule has 3 aromatic rings. The fourth-order valence-corrected chi connectivity index (χ4v) is 5.98. The highest BCUT2D eigenvalue weighted by Gasteiger charge is 2.34. The molecular weight excluding hydrogens is 572 g/mol. The van der Waals surface area contributed by atoms with Crippen molar-refractivity contribution in [2.45, 2.75) is 50.7 Å². The third-order valence-electron chi connectivity index (χ3n) is 7.11. The summed E-state index contributed by atoms with van der Waals surface area (Å²) in [6.45, 7) is -0.736. The number of hydrogen-bond acceptors (Lipinski definition) is 4. The average Bonchev–Trinajstić information content (AvgIpc) is 3.45. The summed E-state index contributed by atoms with van der Waals surface area (Å²) in [5, 5.41) is 2.77. The summed E-state index contributed by atoms with van der Waals surface area (Å²) in [7, 11) is -4.02. The van der Waals surface area contributed by atoms with Crippen molar-refractivity contribution in [1.82, 2.24) is 10.2 Å². The summed E-state index contributed by atoms with van der Waals surface area (Å²) in [4.78, 5) is 29.1. The summed E-state index contributed by atoms with van der Waals surface area (Å²) in [6, 6.07) is 17.1. The highest BCUT2D eigenvalue weighted by atomic mass is 35.5. The second-order valence-corrected chi connectivity index (χ2v) is 12.5. The van der Waals surface area contributed by atoms with E-state index in [1.807, 2.05) is 30.3 Å². The van der Waals surface area contributed by atoms with Gasteiger partial charge in [0, 0.05) is 19.0 Å². The van der Waals surface area contributed by atoms with Crippen LogP contribution in [0, 0.1) is 11.6 Å². The Bertz CT molecular complexity index is 1470. The Morgan fingerprint density at radius 1 is 0.976 bits per heavy atom. The van der Waals surface area contributed by atoms with E-state index >= 15 is 0 Å². The molecule has 0 spiro atoms. The number of sulfonamides is 1. The van der Waals surface area contributed by atoms with Crippen molar-refractivity contribution in [2.24, 2.45) is 0 Å².